The van der Waals surface area contributed by atoms with Gasteiger partial charge in [-0.15, -0.1) is 0 Å². The van der Waals surface area contributed by atoms with Crippen LogP contribution in [0, 0.1) is 0 Å². The molecule has 6 aromatic rings. The van der Waals surface area contributed by atoms with Gasteiger partial charge in [-0.2, -0.15) is 0 Å². The number of esters is 1. The van der Waals surface area contributed by atoms with Crippen molar-refractivity contribution in [3.05, 3.63) is 154 Å². The molecule has 1 aromatic heterocycles. The number of aromatic nitrogens is 1. The molecule has 8 rings (SSSR count). The number of aromatic amines is 1. The molecule has 2 heterocycles. The molecule has 5 aromatic carbocycles. The number of phenolic OH excluding ortho intramolecular Hbond substituents is 1. The van der Waals surface area contributed by atoms with Gasteiger partial charge >= 0.3 is 5.97 Å². The first-order chi connectivity index (χ1) is 29.4. The molecular weight excluding hydrogens is 763 g/mol. The molecule has 2 aliphatic rings. The number of aromatic hydroxyl groups is 1. The van der Waals surface area contributed by atoms with Crippen LogP contribution in [0.4, 0.5) is 0 Å². The van der Waals surface area contributed by atoms with E-state index in [0.29, 0.717) is 23.8 Å². The van der Waals surface area contributed by atoms with Gasteiger partial charge in [0.15, 0.2) is 0 Å². The summed E-state index contributed by atoms with van der Waals surface area (Å²) in [6.45, 7) is 6.26. The van der Waals surface area contributed by atoms with Crippen molar-refractivity contribution in [3.63, 3.8) is 0 Å². The fraction of sp³-hybridized carbons (Fsp3) is 0.327. The molecule has 0 unspecified atom stereocenters. The molecule has 1 aliphatic heterocycles. The summed E-state index contributed by atoms with van der Waals surface area (Å²) in [5.74, 6) is 0.434. The number of hydrogen-bond donors (Lipinski definition) is 3. The predicted molar refractivity (Wildman–Crippen MR) is 239 cm³/mol. The molecule has 1 aliphatic carbocycles. The van der Waals surface area contributed by atoms with E-state index in [1.54, 1.807) is 20.8 Å². The number of nitrogens with two attached hydrogens (primary N) is 1. The largest absolute Gasteiger partial charge is 0.508 e. The molecule has 9 heteroatoms. The highest BCUT2D eigenvalue weighted by Gasteiger charge is 2.36. The average molecular weight is 818 g/mol. The quantitative estimate of drug-likeness (QED) is 0.0698. The number of carbonyl (C=O) groups is 3. The zero-order chi connectivity index (χ0) is 42.7. The van der Waals surface area contributed by atoms with E-state index in [2.05, 4.69) is 90.0 Å². The lowest BCUT2D eigenvalue weighted by atomic mass is 9.69. The lowest BCUT2D eigenvalue weighted by molar-refractivity contribution is -0.155. The third kappa shape index (κ3) is 9.36. The van der Waals surface area contributed by atoms with Crippen molar-refractivity contribution >= 4 is 28.7 Å². The molecule has 0 saturated heterocycles. The van der Waals surface area contributed by atoms with Crippen LogP contribution in [0.1, 0.15) is 115 Å². The summed E-state index contributed by atoms with van der Waals surface area (Å²) in [7, 11) is 0. The van der Waals surface area contributed by atoms with Crippen LogP contribution in [0.25, 0.3) is 22.0 Å². The maximum Gasteiger partial charge on any atom is 0.306 e. The molecule has 0 saturated carbocycles. The van der Waals surface area contributed by atoms with E-state index in [1.807, 2.05) is 30.3 Å². The molecule has 314 valence electrons. The molecule has 2 amide bonds. The molecule has 0 radical (unpaired) electrons. The monoisotopic (exact) mass is 817 g/mol. The van der Waals surface area contributed by atoms with E-state index in [9.17, 15) is 19.5 Å². The highest BCUT2D eigenvalue weighted by Crippen LogP contribution is 2.47. The van der Waals surface area contributed by atoms with Crippen LogP contribution in [0.15, 0.2) is 115 Å². The summed E-state index contributed by atoms with van der Waals surface area (Å²) in [5, 5.41) is 11.4. The van der Waals surface area contributed by atoms with Crippen LogP contribution in [0.5, 0.6) is 11.5 Å². The number of benzene rings is 5. The van der Waals surface area contributed by atoms with E-state index in [-0.39, 0.29) is 31.2 Å². The SMILES string of the molecule is CC(C)(C)OC(=O)CC[C@@H](C(N)=O)N1Cc2cc(-c3ccc4[nH]cc(CCCCCOc5ccc([C@@H]6c7ccc(O)cc7CC[C@@H]6c6ccccc6)cc5)c4c3)ccc2C1=O. The maximum atomic E-state index is 13.4. The van der Waals surface area contributed by atoms with E-state index in [0.717, 1.165) is 66.5 Å². The Balaban J connectivity index is 0.852. The third-order valence-corrected chi connectivity index (χ3v) is 12.2. The number of fused-ring (bicyclic) bond motifs is 3. The first-order valence-corrected chi connectivity index (χ1v) is 21.6. The summed E-state index contributed by atoms with van der Waals surface area (Å²) < 4.78 is 11.6. The van der Waals surface area contributed by atoms with Gasteiger partial charge in [-0.25, -0.2) is 0 Å². The lowest BCUT2D eigenvalue weighted by Gasteiger charge is -2.34. The predicted octanol–water partition coefficient (Wildman–Crippen LogP) is 10.1. The van der Waals surface area contributed by atoms with Gasteiger partial charge in [-0.3, -0.25) is 14.4 Å². The zero-order valence-corrected chi connectivity index (χ0v) is 35.3. The van der Waals surface area contributed by atoms with Crippen LogP contribution in [-0.2, 0) is 33.7 Å². The first-order valence-electron chi connectivity index (χ1n) is 21.6. The lowest BCUT2D eigenvalue weighted by Crippen LogP contribution is -2.45. The van der Waals surface area contributed by atoms with Crippen molar-refractivity contribution in [2.45, 2.75) is 102 Å². The van der Waals surface area contributed by atoms with Crippen molar-refractivity contribution in [3.8, 4) is 22.6 Å². The average Bonchev–Trinajstić information content (AvgIpc) is 3.80. The topological polar surface area (TPSA) is 135 Å². The van der Waals surface area contributed by atoms with Crippen molar-refractivity contribution in [2.24, 2.45) is 5.73 Å². The standard InChI is InChI=1S/C52H55N3O6/c1-52(2,3)61-48(57)26-25-47(50(53)58)55-32-39-28-35(15-22-44(39)51(55)59)36-17-24-46-45(30-36)38(31-54-46)12-8-5-9-27-60-41-19-13-34(14-20-41)49-42(33-10-6-4-7-11-33)21-16-37-29-40(56)18-23-43(37)49/h4,6-7,10-11,13-15,17-20,22-24,28-31,42,47,49,54,56H,5,8-9,12,16,21,25-27,32H2,1-3H3,(H2,53,58)/t42-,47+,49+/m1/s1. The summed E-state index contributed by atoms with van der Waals surface area (Å²) in [6, 6.07) is 36.5. The Morgan fingerprint density at radius 1 is 0.869 bits per heavy atom. The van der Waals surface area contributed by atoms with Crippen LogP contribution < -0.4 is 10.5 Å². The van der Waals surface area contributed by atoms with Crippen LogP contribution in [0.3, 0.4) is 0 Å². The normalized spacial score (nSPS) is 16.6. The van der Waals surface area contributed by atoms with Gasteiger partial charge in [0.2, 0.25) is 5.91 Å². The van der Waals surface area contributed by atoms with Crippen LogP contribution >= 0.6 is 0 Å². The van der Waals surface area contributed by atoms with Crippen molar-refractivity contribution < 1.29 is 29.0 Å². The number of carbonyl (C=O) groups excluding carboxylic acids is 3. The van der Waals surface area contributed by atoms with E-state index in [4.69, 9.17) is 15.2 Å². The number of hydrogen-bond acceptors (Lipinski definition) is 6. The second kappa shape index (κ2) is 17.7. The number of rotatable bonds is 15. The van der Waals surface area contributed by atoms with Crippen molar-refractivity contribution in [2.75, 3.05) is 6.61 Å². The molecule has 61 heavy (non-hydrogen) atoms. The summed E-state index contributed by atoms with van der Waals surface area (Å²) in [5.41, 5.74) is 16.0. The van der Waals surface area contributed by atoms with Crippen molar-refractivity contribution in [1.29, 1.82) is 0 Å². The van der Waals surface area contributed by atoms with Gasteiger partial charge in [0, 0.05) is 41.5 Å². The maximum absolute atomic E-state index is 13.4. The highest BCUT2D eigenvalue weighted by atomic mass is 16.6. The molecule has 0 fully saturated rings. The van der Waals surface area contributed by atoms with Gasteiger partial charge in [0.05, 0.1) is 6.61 Å². The summed E-state index contributed by atoms with van der Waals surface area (Å²) >= 11 is 0. The Kier molecular flexibility index (Phi) is 12.0. The Morgan fingerprint density at radius 2 is 1.64 bits per heavy atom. The number of unbranched alkanes of at least 4 members (excludes halogenated alkanes) is 2. The van der Waals surface area contributed by atoms with Crippen LogP contribution in [0.2, 0.25) is 0 Å². The fourth-order valence-electron chi connectivity index (χ4n) is 9.27. The second-order valence-corrected chi connectivity index (χ2v) is 17.6. The van der Waals surface area contributed by atoms with E-state index < -0.39 is 23.5 Å². The van der Waals surface area contributed by atoms with E-state index in [1.165, 1.54) is 38.1 Å². The Morgan fingerprint density at radius 3 is 2.41 bits per heavy atom. The Labute approximate surface area is 357 Å². The molecule has 3 atom stereocenters. The number of phenols is 1. The van der Waals surface area contributed by atoms with Gasteiger partial charge in [-0.05, 0) is 165 Å². The number of primary amides is 1. The third-order valence-electron chi connectivity index (χ3n) is 12.2. The van der Waals surface area contributed by atoms with Crippen molar-refractivity contribution in [1.82, 2.24) is 9.88 Å². The minimum atomic E-state index is -0.912. The molecular formula is C52H55N3O6. The summed E-state index contributed by atoms with van der Waals surface area (Å²) in [6.07, 6.45) is 8.12. The number of nitrogens with zero attached hydrogens (tertiary/aromatic N) is 1. The Hall–Kier alpha value is -6.35. The number of aryl methyl sites for hydroxylation is 2. The van der Waals surface area contributed by atoms with Crippen LogP contribution in [-0.4, -0.2) is 51.0 Å². The minimum Gasteiger partial charge on any atom is -0.508 e. The zero-order valence-electron chi connectivity index (χ0n) is 35.3. The van der Waals surface area contributed by atoms with Gasteiger partial charge in [0.25, 0.3) is 5.91 Å². The number of amides is 2. The number of ether oxygens (including phenoxy) is 2. The number of nitrogens with one attached hydrogen (secondary N) is 1. The molecule has 0 bridgehead atoms. The minimum absolute atomic E-state index is 0.0145. The fourth-order valence-corrected chi connectivity index (χ4v) is 9.27. The molecule has 4 N–H and O–H groups in total. The Bertz CT molecular complexity index is 2540. The van der Waals surface area contributed by atoms with Gasteiger partial charge in [-0.1, -0.05) is 60.7 Å². The second-order valence-electron chi connectivity index (χ2n) is 17.6. The molecule has 9 nitrogen and oxygen atoms in total. The smallest absolute Gasteiger partial charge is 0.306 e. The van der Waals surface area contributed by atoms with Gasteiger partial charge in [0.1, 0.15) is 23.1 Å². The van der Waals surface area contributed by atoms with E-state index >= 15 is 0 Å². The van der Waals surface area contributed by atoms with Gasteiger partial charge < -0.3 is 30.2 Å². The summed E-state index contributed by atoms with van der Waals surface area (Å²) in [4.78, 5) is 43.2. The highest BCUT2D eigenvalue weighted by molar-refractivity contribution is 6.01. The first kappa shape index (κ1) is 41.4. The molecule has 0 spiro atoms. The number of H-pyrrole nitrogens is 1.